The lowest BCUT2D eigenvalue weighted by Gasteiger charge is -2.10. The molecule has 3 rings (SSSR count). The van der Waals surface area contributed by atoms with Crippen LogP contribution in [0.5, 0.6) is 5.75 Å². The molecular weight excluding hydrogens is 414 g/mol. The van der Waals surface area contributed by atoms with Crippen LogP contribution in [-0.4, -0.2) is 19.0 Å². The van der Waals surface area contributed by atoms with E-state index in [1.165, 1.54) is 16.1 Å². The maximum atomic E-state index is 13.1. The van der Waals surface area contributed by atoms with E-state index in [1.54, 1.807) is 31.2 Å². The molecule has 7 heteroatoms. The average molecular weight is 428 g/mol. The maximum Gasteiger partial charge on any atom is 0.268 e. The molecule has 0 aliphatic heterocycles. The van der Waals surface area contributed by atoms with Gasteiger partial charge in [0.05, 0.1) is 22.7 Å². The van der Waals surface area contributed by atoms with Gasteiger partial charge in [-0.3, -0.25) is 0 Å². The number of hydrogen-bond acceptors (Lipinski definition) is 3. The Morgan fingerprint density at radius 2 is 1.88 bits per heavy atom. The van der Waals surface area contributed by atoms with Gasteiger partial charge < -0.3 is 4.74 Å². The SMILES string of the molecule is [CH2]COc1c(C)n(S(=O)(=O)c2ccc(Cl)cc2)c2ccc(Br)cc12. The molecule has 0 fully saturated rings. The zero-order chi connectivity index (χ0) is 17.5. The van der Waals surface area contributed by atoms with E-state index < -0.39 is 10.0 Å². The van der Waals surface area contributed by atoms with Gasteiger partial charge >= 0.3 is 0 Å². The van der Waals surface area contributed by atoms with E-state index in [2.05, 4.69) is 22.9 Å². The van der Waals surface area contributed by atoms with Crippen molar-refractivity contribution in [1.29, 1.82) is 0 Å². The van der Waals surface area contributed by atoms with Gasteiger partial charge in [0.15, 0.2) is 0 Å². The van der Waals surface area contributed by atoms with Crippen molar-refractivity contribution in [1.82, 2.24) is 3.97 Å². The van der Waals surface area contributed by atoms with E-state index in [0.29, 0.717) is 27.4 Å². The highest BCUT2D eigenvalue weighted by Gasteiger charge is 2.25. The molecule has 0 unspecified atom stereocenters. The maximum absolute atomic E-state index is 13.1. The monoisotopic (exact) mass is 426 g/mol. The van der Waals surface area contributed by atoms with Crippen LogP contribution in [0.15, 0.2) is 51.8 Å². The summed E-state index contributed by atoms with van der Waals surface area (Å²) in [5.41, 5.74) is 1.05. The highest BCUT2D eigenvalue weighted by Crippen LogP contribution is 2.37. The molecule has 0 aliphatic carbocycles. The summed E-state index contributed by atoms with van der Waals surface area (Å²) in [5.74, 6) is 0.513. The quantitative estimate of drug-likeness (QED) is 0.600. The summed E-state index contributed by atoms with van der Waals surface area (Å²) in [6.45, 7) is 5.60. The zero-order valence-corrected chi connectivity index (χ0v) is 16.0. The minimum absolute atomic E-state index is 0.163. The largest absolute Gasteiger partial charge is 0.491 e. The second kappa shape index (κ2) is 6.43. The number of rotatable bonds is 4. The van der Waals surface area contributed by atoms with Crippen molar-refractivity contribution in [2.24, 2.45) is 0 Å². The first kappa shape index (κ1) is 17.3. The molecule has 0 N–H and O–H groups in total. The van der Waals surface area contributed by atoms with Gasteiger partial charge in [-0.1, -0.05) is 27.5 Å². The summed E-state index contributed by atoms with van der Waals surface area (Å²) in [6.07, 6.45) is 0. The van der Waals surface area contributed by atoms with Crippen LogP contribution in [0.1, 0.15) is 5.69 Å². The van der Waals surface area contributed by atoms with Gasteiger partial charge in [-0.15, -0.1) is 0 Å². The average Bonchev–Trinajstić information content (AvgIpc) is 2.81. The Labute approximate surface area is 154 Å². The Kier molecular flexibility index (Phi) is 4.64. The molecule has 1 aromatic heterocycles. The summed E-state index contributed by atoms with van der Waals surface area (Å²) < 4.78 is 34.0. The lowest BCUT2D eigenvalue weighted by Crippen LogP contribution is -2.14. The second-order valence-corrected chi connectivity index (χ2v) is 8.29. The highest BCUT2D eigenvalue weighted by molar-refractivity contribution is 9.10. The van der Waals surface area contributed by atoms with E-state index in [9.17, 15) is 8.42 Å². The van der Waals surface area contributed by atoms with Crippen LogP contribution in [0.25, 0.3) is 10.9 Å². The van der Waals surface area contributed by atoms with Crippen LogP contribution in [0.4, 0.5) is 0 Å². The number of nitrogens with zero attached hydrogens (tertiary/aromatic N) is 1. The van der Waals surface area contributed by atoms with E-state index >= 15 is 0 Å². The van der Waals surface area contributed by atoms with Crippen molar-refractivity contribution in [2.45, 2.75) is 11.8 Å². The summed E-state index contributed by atoms with van der Waals surface area (Å²) in [4.78, 5) is 0.163. The lowest BCUT2D eigenvalue weighted by molar-refractivity contribution is 0.362. The summed E-state index contributed by atoms with van der Waals surface area (Å²) in [6, 6.07) is 11.5. The van der Waals surface area contributed by atoms with Crippen LogP contribution in [0, 0.1) is 13.8 Å². The predicted octanol–water partition coefficient (Wildman–Crippen LogP) is 4.82. The zero-order valence-electron chi connectivity index (χ0n) is 12.8. The Morgan fingerprint density at radius 1 is 1.21 bits per heavy atom. The van der Waals surface area contributed by atoms with Crippen molar-refractivity contribution in [2.75, 3.05) is 6.61 Å². The van der Waals surface area contributed by atoms with Crippen molar-refractivity contribution in [3.05, 3.63) is 64.6 Å². The first-order valence-corrected chi connectivity index (χ1v) is 9.71. The van der Waals surface area contributed by atoms with E-state index in [4.69, 9.17) is 16.3 Å². The molecule has 4 nitrogen and oxygen atoms in total. The van der Waals surface area contributed by atoms with Crippen LogP contribution < -0.4 is 4.74 Å². The fourth-order valence-corrected chi connectivity index (χ4v) is 4.68. The molecule has 1 heterocycles. The molecule has 0 saturated carbocycles. The standard InChI is InChI=1S/C17H14BrClNO3S/c1-3-23-17-11(2)20(16-9-4-12(18)10-15(16)17)24(21,22)14-7-5-13(19)6-8-14/h4-10H,1,3H2,2H3. The Balaban J connectivity index is 2.33. The smallest absolute Gasteiger partial charge is 0.268 e. The molecule has 125 valence electrons. The van der Waals surface area contributed by atoms with Crippen LogP contribution in [0.2, 0.25) is 5.02 Å². The number of aromatic nitrogens is 1. The second-order valence-electron chi connectivity index (χ2n) is 5.15. The molecular formula is C17H14BrClNO3S. The predicted molar refractivity (Wildman–Crippen MR) is 99.3 cm³/mol. The molecule has 0 saturated heterocycles. The van der Waals surface area contributed by atoms with Crippen LogP contribution in [0.3, 0.4) is 0 Å². The topological polar surface area (TPSA) is 48.3 Å². The Morgan fingerprint density at radius 3 is 2.50 bits per heavy atom. The van der Waals surface area contributed by atoms with Crippen molar-refractivity contribution in [3.63, 3.8) is 0 Å². The fraction of sp³-hybridized carbons (Fsp3) is 0.118. The first-order valence-electron chi connectivity index (χ1n) is 7.10. The number of hydrogen-bond donors (Lipinski definition) is 0. The Hall–Kier alpha value is -1.50. The highest BCUT2D eigenvalue weighted by atomic mass is 79.9. The number of halogens is 2. The van der Waals surface area contributed by atoms with Crippen molar-refractivity contribution >= 4 is 48.5 Å². The fourth-order valence-electron chi connectivity index (χ4n) is 2.64. The molecule has 0 spiro atoms. The molecule has 1 radical (unpaired) electrons. The van der Waals surface area contributed by atoms with Gasteiger partial charge in [0, 0.05) is 14.9 Å². The van der Waals surface area contributed by atoms with Crippen LogP contribution in [-0.2, 0) is 10.0 Å². The van der Waals surface area contributed by atoms with Gasteiger partial charge in [-0.05, 0) is 56.3 Å². The third-order valence-electron chi connectivity index (χ3n) is 3.65. The van der Waals surface area contributed by atoms with Crippen LogP contribution >= 0.6 is 27.5 Å². The van der Waals surface area contributed by atoms with Gasteiger partial charge in [0.1, 0.15) is 5.75 Å². The summed E-state index contributed by atoms with van der Waals surface area (Å²) in [5, 5.41) is 1.19. The third-order valence-corrected chi connectivity index (χ3v) is 6.22. The molecule has 3 aromatic rings. The minimum Gasteiger partial charge on any atom is -0.491 e. The third kappa shape index (κ3) is 2.83. The van der Waals surface area contributed by atoms with E-state index in [1.807, 2.05) is 6.07 Å². The van der Waals surface area contributed by atoms with Gasteiger partial charge in [-0.25, -0.2) is 12.4 Å². The molecule has 0 bridgehead atoms. The number of fused-ring (bicyclic) bond motifs is 1. The summed E-state index contributed by atoms with van der Waals surface area (Å²) in [7, 11) is -3.78. The van der Waals surface area contributed by atoms with E-state index in [0.717, 1.165) is 4.47 Å². The minimum atomic E-state index is -3.78. The molecule has 2 aromatic carbocycles. The lowest BCUT2D eigenvalue weighted by atomic mass is 10.2. The van der Waals surface area contributed by atoms with Gasteiger partial charge in [0.25, 0.3) is 10.0 Å². The first-order chi connectivity index (χ1) is 11.4. The molecule has 0 amide bonds. The molecule has 24 heavy (non-hydrogen) atoms. The normalized spacial score (nSPS) is 11.8. The van der Waals surface area contributed by atoms with E-state index in [-0.39, 0.29) is 11.5 Å². The number of ether oxygens (including phenoxy) is 1. The Bertz CT molecular complexity index is 1010. The molecule has 0 atom stereocenters. The van der Waals surface area contributed by atoms with Crippen molar-refractivity contribution in [3.8, 4) is 5.75 Å². The van der Waals surface area contributed by atoms with Crippen molar-refractivity contribution < 1.29 is 13.2 Å². The molecule has 0 aliphatic rings. The van der Waals surface area contributed by atoms with Gasteiger partial charge in [-0.2, -0.15) is 0 Å². The number of benzene rings is 2. The summed E-state index contributed by atoms with van der Waals surface area (Å²) >= 11 is 9.27. The van der Waals surface area contributed by atoms with Gasteiger partial charge in [0.2, 0.25) is 0 Å².